The second-order valence-corrected chi connectivity index (χ2v) is 2.49. The largest absolute Gasteiger partial charge is 0.269 e. The number of rotatable bonds is 1. The van der Waals surface area contributed by atoms with E-state index >= 15 is 0 Å². The molecule has 1 aromatic heterocycles. The van der Waals surface area contributed by atoms with Crippen LogP contribution >= 0.6 is 11.6 Å². The Morgan fingerprint density at radius 1 is 1.54 bits per heavy atom. The minimum absolute atomic E-state index is 0.321. The van der Waals surface area contributed by atoms with Crippen LogP contribution in [0.2, 0.25) is 5.15 Å². The van der Waals surface area contributed by atoms with Gasteiger partial charge in [0.2, 0.25) is 0 Å². The second kappa shape index (κ2) is 3.62. The van der Waals surface area contributed by atoms with Crippen LogP contribution in [-0.2, 0) is 0 Å². The quantitative estimate of drug-likeness (QED) is 0.663. The van der Waals surface area contributed by atoms with E-state index in [0.717, 1.165) is 0 Å². The monoisotopic (exact) mass is 206 g/mol. The third kappa shape index (κ3) is 1.90. The van der Waals surface area contributed by atoms with Crippen molar-refractivity contribution in [3.05, 3.63) is 28.3 Å². The van der Waals surface area contributed by atoms with Gasteiger partial charge >= 0.3 is 0 Å². The van der Waals surface area contributed by atoms with E-state index in [-0.39, 0.29) is 5.15 Å². The Labute approximate surface area is 76.6 Å². The van der Waals surface area contributed by atoms with Crippen LogP contribution in [0, 0.1) is 17.1 Å². The van der Waals surface area contributed by atoms with E-state index in [9.17, 15) is 13.2 Å². The van der Waals surface area contributed by atoms with Gasteiger partial charge in [0.05, 0.1) is 5.56 Å². The average Bonchev–Trinajstić information content (AvgIpc) is 2.01. The number of halogens is 4. The molecule has 0 bridgehead atoms. The van der Waals surface area contributed by atoms with Crippen molar-refractivity contribution < 1.29 is 13.2 Å². The Morgan fingerprint density at radius 2 is 2.15 bits per heavy atom. The van der Waals surface area contributed by atoms with Gasteiger partial charge in [0, 0.05) is 6.07 Å². The Balaban J connectivity index is 3.41. The fourth-order valence-corrected chi connectivity index (χ4v) is 0.968. The number of pyridine rings is 1. The maximum atomic E-state index is 12.8. The zero-order chi connectivity index (χ0) is 10.0. The fourth-order valence-electron chi connectivity index (χ4n) is 0.788. The minimum Gasteiger partial charge on any atom is -0.225 e. The molecule has 0 radical (unpaired) electrons. The van der Waals surface area contributed by atoms with Crippen LogP contribution in [0.25, 0.3) is 0 Å². The topological polar surface area (TPSA) is 36.7 Å². The van der Waals surface area contributed by atoms with Crippen LogP contribution in [0.15, 0.2) is 6.07 Å². The number of nitrogens with zero attached hydrogens (tertiary/aromatic N) is 2. The van der Waals surface area contributed by atoms with Crippen molar-refractivity contribution >= 4 is 11.6 Å². The van der Waals surface area contributed by atoms with Crippen LogP contribution in [0.3, 0.4) is 0 Å². The molecule has 0 aliphatic carbocycles. The van der Waals surface area contributed by atoms with Gasteiger partial charge in [0.1, 0.15) is 17.0 Å². The minimum atomic E-state index is -3.07. The zero-order valence-corrected chi connectivity index (χ0v) is 6.82. The van der Waals surface area contributed by atoms with Crippen LogP contribution in [0.5, 0.6) is 0 Å². The van der Waals surface area contributed by atoms with Crippen molar-refractivity contribution in [2.45, 2.75) is 6.43 Å². The average molecular weight is 207 g/mol. The van der Waals surface area contributed by atoms with Gasteiger partial charge in [0.15, 0.2) is 5.69 Å². The Bertz CT molecular complexity index is 373. The predicted molar refractivity (Wildman–Crippen MR) is 38.9 cm³/mol. The molecule has 0 amide bonds. The lowest BCUT2D eigenvalue weighted by atomic mass is 10.2. The number of hydrogen-bond acceptors (Lipinski definition) is 2. The molecule has 0 unspecified atom stereocenters. The van der Waals surface area contributed by atoms with E-state index in [0.29, 0.717) is 6.07 Å². The van der Waals surface area contributed by atoms with Gasteiger partial charge in [-0.25, -0.2) is 18.2 Å². The number of aromatic nitrogens is 1. The molecule has 2 nitrogen and oxygen atoms in total. The van der Waals surface area contributed by atoms with Crippen LogP contribution in [-0.4, -0.2) is 4.98 Å². The molecule has 0 atom stereocenters. The first-order valence-corrected chi connectivity index (χ1v) is 3.48. The molecule has 0 aliphatic rings. The third-order valence-corrected chi connectivity index (χ3v) is 1.49. The molecule has 13 heavy (non-hydrogen) atoms. The lowest BCUT2D eigenvalue weighted by molar-refractivity contribution is 0.145. The second-order valence-electron chi connectivity index (χ2n) is 2.10. The summed E-state index contributed by atoms with van der Waals surface area (Å²) < 4.78 is 37.1. The summed E-state index contributed by atoms with van der Waals surface area (Å²) in [6.45, 7) is 0. The molecule has 0 N–H and O–H groups in total. The summed E-state index contributed by atoms with van der Waals surface area (Å²) in [6.07, 6.45) is -3.07. The van der Waals surface area contributed by atoms with E-state index in [1.807, 2.05) is 0 Å². The normalized spacial score (nSPS) is 10.2. The molecule has 0 fully saturated rings. The molecule has 1 aromatic rings. The van der Waals surface area contributed by atoms with E-state index in [1.54, 1.807) is 0 Å². The first-order valence-electron chi connectivity index (χ1n) is 3.10. The SMILES string of the molecule is N#Cc1nc(Cl)cc(F)c1C(F)F. The van der Waals surface area contributed by atoms with E-state index < -0.39 is 23.5 Å². The fraction of sp³-hybridized carbons (Fsp3) is 0.143. The molecule has 1 rings (SSSR count). The highest BCUT2D eigenvalue weighted by atomic mass is 35.5. The molecule has 1 heterocycles. The summed E-state index contributed by atoms with van der Waals surface area (Å²) in [5.41, 5.74) is -1.69. The predicted octanol–water partition coefficient (Wildman–Crippen LogP) is 2.68. The van der Waals surface area contributed by atoms with Crippen LogP contribution in [0.4, 0.5) is 13.2 Å². The molecule has 68 valence electrons. The zero-order valence-electron chi connectivity index (χ0n) is 6.06. The number of alkyl halides is 2. The van der Waals surface area contributed by atoms with Gasteiger partial charge in [-0.15, -0.1) is 0 Å². The Kier molecular flexibility index (Phi) is 2.73. The highest BCUT2D eigenvalue weighted by Gasteiger charge is 2.20. The van der Waals surface area contributed by atoms with Crippen molar-refractivity contribution in [3.8, 4) is 6.07 Å². The summed E-state index contributed by atoms with van der Waals surface area (Å²) in [5.74, 6) is -1.22. The summed E-state index contributed by atoms with van der Waals surface area (Å²) >= 11 is 5.26. The first kappa shape index (κ1) is 9.81. The van der Waals surface area contributed by atoms with E-state index in [2.05, 4.69) is 4.98 Å². The molecule has 0 saturated carbocycles. The summed E-state index contributed by atoms with van der Waals surface area (Å²) in [5, 5.41) is 8.02. The van der Waals surface area contributed by atoms with E-state index in [1.165, 1.54) is 6.07 Å². The third-order valence-electron chi connectivity index (χ3n) is 1.30. The first-order chi connectivity index (χ1) is 6.06. The van der Waals surface area contributed by atoms with Gasteiger partial charge in [-0.3, -0.25) is 0 Å². The number of nitriles is 1. The molecular formula is C7H2ClF3N2. The molecule has 0 saturated heterocycles. The van der Waals surface area contributed by atoms with Crippen LogP contribution < -0.4 is 0 Å². The summed E-state index contributed by atoms with van der Waals surface area (Å²) in [4.78, 5) is 3.26. The molecule has 0 aliphatic heterocycles. The molecule has 0 spiro atoms. The Morgan fingerprint density at radius 3 is 2.62 bits per heavy atom. The summed E-state index contributed by atoms with van der Waals surface area (Å²) in [6, 6.07) is 1.99. The van der Waals surface area contributed by atoms with Crippen molar-refractivity contribution in [3.63, 3.8) is 0 Å². The van der Waals surface area contributed by atoms with Crippen LogP contribution in [0.1, 0.15) is 17.7 Å². The smallest absolute Gasteiger partial charge is 0.225 e. The van der Waals surface area contributed by atoms with Crippen molar-refractivity contribution in [1.82, 2.24) is 4.98 Å². The summed E-state index contributed by atoms with van der Waals surface area (Å²) in [7, 11) is 0. The van der Waals surface area contributed by atoms with Gasteiger partial charge in [0.25, 0.3) is 6.43 Å². The van der Waals surface area contributed by atoms with Crippen molar-refractivity contribution in [2.24, 2.45) is 0 Å². The van der Waals surface area contributed by atoms with Gasteiger partial charge in [-0.2, -0.15) is 5.26 Å². The standard InChI is InChI=1S/C7H2ClF3N2/c8-5-1-3(9)6(7(10)11)4(2-12)13-5/h1,7H. The van der Waals surface area contributed by atoms with Gasteiger partial charge < -0.3 is 0 Å². The molecule has 6 heteroatoms. The highest BCUT2D eigenvalue weighted by molar-refractivity contribution is 6.29. The maximum absolute atomic E-state index is 12.8. The lowest BCUT2D eigenvalue weighted by Crippen LogP contribution is -1.99. The Hall–Kier alpha value is -1.28. The highest BCUT2D eigenvalue weighted by Crippen LogP contribution is 2.26. The molecular weight excluding hydrogens is 205 g/mol. The number of hydrogen-bond donors (Lipinski definition) is 0. The van der Waals surface area contributed by atoms with Crippen molar-refractivity contribution in [1.29, 1.82) is 5.26 Å². The molecule has 0 aromatic carbocycles. The maximum Gasteiger partial charge on any atom is 0.269 e. The lowest BCUT2D eigenvalue weighted by Gasteiger charge is -2.03. The van der Waals surface area contributed by atoms with E-state index in [4.69, 9.17) is 16.9 Å². The van der Waals surface area contributed by atoms with Crippen molar-refractivity contribution in [2.75, 3.05) is 0 Å². The van der Waals surface area contributed by atoms with Gasteiger partial charge in [-0.05, 0) is 0 Å². The van der Waals surface area contributed by atoms with Gasteiger partial charge in [-0.1, -0.05) is 11.6 Å².